The number of amides is 1. The third kappa shape index (κ3) is 1.94. The van der Waals surface area contributed by atoms with E-state index in [4.69, 9.17) is 0 Å². The summed E-state index contributed by atoms with van der Waals surface area (Å²) in [5, 5.41) is 14.2. The number of aromatic nitrogens is 4. The van der Waals surface area contributed by atoms with E-state index in [9.17, 15) is 4.79 Å². The molecule has 20 heavy (non-hydrogen) atoms. The molecule has 1 aromatic rings. The van der Waals surface area contributed by atoms with Crippen LogP contribution in [0.25, 0.3) is 0 Å². The normalized spacial score (nSPS) is 33.0. The number of carbonyl (C=O) groups is 1. The van der Waals surface area contributed by atoms with Crippen molar-refractivity contribution in [2.75, 3.05) is 13.1 Å². The van der Waals surface area contributed by atoms with Crippen molar-refractivity contribution in [1.29, 1.82) is 0 Å². The Kier molecular flexibility index (Phi) is 2.82. The number of allylic oxidation sites excluding steroid dienone is 2. The minimum Gasteiger partial charge on any atom is -0.342 e. The Morgan fingerprint density at radius 1 is 1.25 bits per heavy atom. The zero-order valence-electron chi connectivity index (χ0n) is 11.4. The van der Waals surface area contributed by atoms with Crippen LogP contribution >= 0.6 is 0 Å². The monoisotopic (exact) mass is 273 g/mol. The Hall–Kier alpha value is -1.72. The Bertz CT molecular complexity index is 518. The van der Waals surface area contributed by atoms with Crippen molar-refractivity contribution in [2.24, 2.45) is 17.8 Å². The first-order valence-corrected chi connectivity index (χ1v) is 7.51. The fraction of sp³-hybridized carbons (Fsp3) is 0.714. The van der Waals surface area contributed by atoms with Crippen molar-refractivity contribution >= 4 is 5.91 Å². The summed E-state index contributed by atoms with van der Waals surface area (Å²) in [5.74, 6) is 2.91. The Labute approximate surface area is 117 Å². The molecule has 2 bridgehead atoms. The molecular formula is C14H19N5O. The summed E-state index contributed by atoms with van der Waals surface area (Å²) >= 11 is 0. The van der Waals surface area contributed by atoms with E-state index in [1.165, 1.54) is 6.42 Å². The van der Waals surface area contributed by atoms with Crippen LogP contribution in [0.3, 0.4) is 0 Å². The summed E-state index contributed by atoms with van der Waals surface area (Å²) in [6.45, 7) is 1.66. The van der Waals surface area contributed by atoms with E-state index in [-0.39, 0.29) is 5.92 Å². The molecule has 0 radical (unpaired) electrons. The van der Waals surface area contributed by atoms with Crippen molar-refractivity contribution in [1.82, 2.24) is 25.5 Å². The highest BCUT2D eigenvalue weighted by molar-refractivity contribution is 5.80. The van der Waals surface area contributed by atoms with Gasteiger partial charge < -0.3 is 4.90 Å². The third-order valence-electron chi connectivity index (χ3n) is 5.13. The molecule has 1 aliphatic heterocycles. The molecule has 2 heterocycles. The van der Waals surface area contributed by atoms with Gasteiger partial charge in [-0.3, -0.25) is 4.79 Å². The summed E-state index contributed by atoms with van der Waals surface area (Å²) in [7, 11) is 0. The number of tetrazole rings is 1. The molecule has 2 aliphatic carbocycles. The lowest BCUT2D eigenvalue weighted by atomic mass is 9.90. The van der Waals surface area contributed by atoms with E-state index in [0.717, 1.165) is 38.2 Å². The van der Waals surface area contributed by atoms with Crippen molar-refractivity contribution in [3.8, 4) is 0 Å². The quantitative estimate of drug-likeness (QED) is 0.819. The predicted octanol–water partition coefficient (Wildman–Crippen LogP) is 1.12. The van der Waals surface area contributed by atoms with Gasteiger partial charge in [0.2, 0.25) is 5.91 Å². The van der Waals surface area contributed by atoms with Gasteiger partial charge in [0.1, 0.15) is 0 Å². The number of piperidine rings is 1. The number of hydrogen-bond donors (Lipinski definition) is 1. The summed E-state index contributed by atoms with van der Waals surface area (Å²) in [6.07, 6.45) is 8.68. The fourth-order valence-corrected chi connectivity index (χ4v) is 4.00. The number of hydrogen-bond acceptors (Lipinski definition) is 4. The minimum absolute atomic E-state index is 0.242. The predicted molar refractivity (Wildman–Crippen MR) is 71.6 cm³/mol. The molecule has 1 amide bonds. The SMILES string of the molecule is O=C([C@@H]1C[C@@H]2C=C[C@H]1C2)N1CCC(c2nn[nH]n2)CC1. The highest BCUT2D eigenvalue weighted by atomic mass is 16.2. The van der Waals surface area contributed by atoms with Crippen LogP contribution in [-0.4, -0.2) is 44.5 Å². The largest absolute Gasteiger partial charge is 0.342 e. The van der Waals surface area contributed by atoms with E-state index in [1.54, 1.807) is 0 Å². The van der Waals surface area contributed by atoms with E-state index in [1.807, 2.05) is 0 Å². The first-order chi connectivity index (χ1) is 9.81. The molecule has 106 valence electrons. The van der Waals surface area contributed by atoms with Crippen molar-refractivity contribution in [3.63, 3.8) is 0 Å². The molecule has 1 aromatic heterocycles. The van der Waals surface area contributed by atoms with E-state index >= 15 is 0 Å². The molecule has 0 unspecified atom stereocenters. The second-order valence-electron chi connectivity index (χ2n) is 6.26. The Balaban J connectivity index is 1.37. The van der Waals surface area contributed by atoms with Crippen LogP contribution in [0.1, 0.15) is 37.4 Å². The Morgan fingerprint density at radius 3 is 2.70 bits per heavy atom. The van der Waals surface area contributed by atoms with Crippen LogP contribution in [0.15, 0.2) is 12.2 Å². The van der Waals surface area contributed by atoms with Crippen LogP contribution in [-0.2, 0) is 4.79 Å². The van der Waals surface area contributed by atoms with Gasteiger partial charge in [-0.1, -0.05) is 17.4 Å². The maximum atomic E-state index is 12.6. The molecule has 3 atom stereocenters. The number of aromatic amines is 1. The second-order valence-corrected chi connectivity index (χ2v) is 6.26. The number of likely N-dealkylation sites (tertiary alicyclic amines) is 1. The van der Waals surface area contributed by atoms with Gasteiger partial charge in [0.05, 0.1) is 0 Å². The summed E-state index contributed by atoms with van der Waals surface area (Å²) < 4.78 is 0. The average Bonchev–Trinajstić information content (AvgIpc) is 3.23. The number of carbonyl (C=O) groups excluding carboxylic acids is 1. The number of fused-ring (bicyclic) bond motifs is 2. The molecule has 6 heteroatoms. The Morgan fingerprint density at radius 2 is 2.10 bits per heavy atom. The molecule has 0 aromatic carbocycles. The van der Waals surface area contributed by atoms with Gasteiger partial charge in [0, 0.05) is 24.9 Å². The molecule has 2 fully saturated rings. The van der Waals surface area contributed by atoms with Gasteiger partial charge in [-0.15, -0.1) is 10.2 Å². The van der Waals surface area contributed by atoms with Crippen LogP contribution in [0, 0.1) is 17.8 Å². The molecule has 0 spiro atoms. The highest BCUT2D eigenvalue weighted by Crippen LogP contribution is 2.44. The van der Waals surface area contributed by atoms with Crippen molar-refractivity contribution in [3.05, 3.63) is 18.0 Å². The summed E-state index contributed by atoms with van der Waals surface area (Å²) in [6, 6.07) is 0. The maximum Gasteiger partial charge on any atom is 0.226 e. The van der Waals surface area contributed by atoms with Gasteiger partial charge in [-0.2, -0.15) is 5.21 Å². The van der Waals surface area contributed by atoms with Crippen LogP contribution < -0.4 is 0 Å². The van der Waals surface area contributed by atoms with Gasteiger partial charge >= 0.3 is 0 Å². The number of nitrogens with zero attached hydrogens (tertiary/aromatic N) is 4. The minimum atomic E-state index is 0.242. The number of nitrogens with one attached hydrogen (secondary N) is 1. The van der Waals surface area contributed by atoms with E-state index < -0.39 is 0 Å². The first kappa shape index (κ1) is 12.1. The fourth-order valence-electron chi connectivity index (χ4n) is 4.00. The average molecular weight is 273 g/mol. The maximum absolute atomic E-state index is 12.6. The third-order valence-corrected chi connectivity index (χ3v) is 5.13. The van der Waals surface area contributed by atoms with Gasteiger partial charge in [-0.25, -0.2) is 0 Å². The lowest BCUT2D eigenvalue weighted by Crippen LogP contribution is -2.42. The summed E-state index contributed by atoms with van der Waals surface area (Å²) in [4.78, 5) is 14.7. The van der Waals surface area contributed by atoms with Crippen LogP contribution in [0.4, 0.5) is 0 Å². The number of H-pyrrole nitrogens is 1. The lowest BCUT2D eigenvalue weighted by molar-refractivity contribution is -0.137. The van der Waals surface area contributed by atoms with Crippen LogP contribution in [0.2, 0.25) is 0 Å². The van der Waals surface area contributed by atoms with Gasteiger partial charge in [-0.05, 0) is 37.5 Å². The van der Waals surface area contributed by atoms with Crippen LogP contribution in [0.5, 0.6) is 0 Å². The molecule has 4 rings (SSSR count). The van der Waals surface area contributed by atoms with Crippen molar-refractivity contribution < 1.29 is 4.79 Å². The van der Waals surface area contributed by atoms with Gasteiger partial charge in [0.15, 0.2) is 5.82 Å². The standard InChI is InChI=1S/C14H19N5O/c20-14(12-8-9-1-2-11(12)7-9)19-5-3-10(4-6-19)13-15-17-18-16-13/h1-2,9-12H,3-8H2,(H,15,16,17,18)/t9-,11+,12-/m1/s1. The topological polar surface area (TPSA) is 74.8 Å². The molecule has 1 N–H and O–H groups in total. The van der Waals surface area contributed by atoms with E-state index in [0.29, 0.717) is 23.7 Å². The lowest BCUT2D eigenvalue weighted by Gasteiger charge is -2.33. The van der Waals surface area contributed by atoms with Gasteiger partial charge in [0.25, 0.3) is 0 Å². The molecule has 6 nitrogen and oxygen atoms in total. The second kappa shape index (κ2) is 4.68. The zero-order valence-corrected chi connectivity index (χ0v) is 11.4. The first-order valence-electron chi connectivity index (χ1n) is 7.51. The molecule has 1 saturated carbocycles. The van der Waals surface area contributed by atoms with E-state index in [2.05, 4.69) is 37.7 Å². The number of rotatable bonds is 2. The molecular weight excluding hydrogens is 254 g/mol. The zero-order chi connectivity index (χ0) is 13.5. The molecule has 1 saturated heterocycles. The summed E-state index contributed by atoms with van der Waals surface area (Å²) in [5.41, 5.74) is 0. The smallest absolute Gasteiger partial charge is 0.226 e. The molecule has 3 aliphatic rings. The highest BCUT2D eigenvalue weighted by Gasteiger charge is 2.42. The van der Waals surface area contributed by atoms with Crippen molar-refractivity contribution in [2.45, 2.75) is 31.6 Å².